The van der Waals surface area contributed by atoms with Gasteiger partial charge in [0.1, 0.15) is 0 Å². The average Bonchev–Trinajstić information content (AvgIpc) is 2.30. The third kappa shape index (κ3) is 3.09. The Morgan fingerprint density at radius 2 is 2.13 bits per heavy atom. The van der Waals surface area contributed by atoms with Crippen molar-refractivity contribution in [3.05, 3.63) is 0 Å². The summed E-state index contributed by atoms with van der Waals surface area (Å²) in [4.78, 5) is 15.9. The first-order valence-corrected chi connectivity index (χ1v) is 5.96. The Balaban J connectivity index is 2.51. The van der Waals surface area contributed by atoms with E-state index in [2.05, 4.69) is 0 Å². The molecule has 0 spiro atoms. The van der Waals surface area contributed by atoms with Gasteiger partial charge in [-0.25, -0.2) is 4.79 Å². The van der Waals surface area contributed by atoms with E-state index in [1.807, 2.05) is 23.6 Å². The third-order valence-corrected chi connectivity index (χ3v) is 3.16. The third-order valence-electron chi connectivity index (χ3n) is 3.16. The normalized spacial score (nSPS) is 21.5. The van der Waals surface area contributed by atoms with Gasteiger partial charge in [-0.3, -0.25) is 0 Å². The summed E-state index contributed by atoms with van der Waals surface area (Å²) in [6.07, 6.45) is 2.26. The smallest absolute Gasteiger partial charge is 0.319 e. The van der Waals surface area contributed by atoms with Crippen molar-refractivity contribution in [1.29, 1.82) is 0 Å². The second-order valence-corrected chi connectivity index (χ2v) is 4.14. The van der Waals surface area contributed by atoms with Crippen LogP contribution in [0.4, 0.5) is 4.79 Å². The number of rotatable bonds is 3. The van der Waals surface area contributed by atoms with E-state index in [0.717, 1.165) is 32.6 Å². The van der Waals surface area contributed by atoms with E-state index in [0.29, 0.717) is 12.5 Å². The minimum atomic E-state index is 0.179. The molecule has 88 valence electrons. The van der Waals surface area contributed by atoms with Crippen LogP contribution in [-0.2, 0) is 0 Å². The largest absolute Gasteiger partial charge is 0.330 e. The number of urea groups is 1. The first-order valence-electron chi connectivity index (χ1n) is 5.96. The van der Waals surface area contributed by atoms with Crippen LogP contribution in [0, 0.1) is 5.92 Å². The van der Waals surface area contributed by atoms with Crippen LogP contribution in [0.2, 0.25) is 0 Å². The lowest BCUT2D eigenvalue weighted by molar-refractivity contribution is 0.133. The van der Waals surface area contributed by atoms with Gasteiger partial charge < -0.3 is 15.5 Å². The van der Waals surface area contributed by atoms with Gasteiger partial charge in [0, 0.05) is 26.2 Å². The molecule has 1 aliphatic rings. The summed E-state index contributed by atoms with van der Waals surface area (Å²) in [5.41, 5.74) is 5.66. The number of likely N-dealkylation sites (tertiary alicyclic amines) is 1. The SMILES string of the molecule is CCN(CC)C(=O)N1CCCC(CN)C1. The van der Waals surface area contributed by atoms with Crippen molar-refractivity contribution in [2.75, 3.05) is 32.7 Å². The molecule has 1 saturated heterocycles. The Labute approximate surface area is 92.4 Å². The molecule has 4 nitrogen and oxygen atoms in total. The van der Waals surface area contributed by atoms with Crippen molar-refractivity contribution in [2.24, 2.45) is 11.7 Å². The van der Waals surface area contributed by atoms with E-state index in [-0.39, 0.29) is 6.03 Å². The van der Waals surface area contributed by atoms with Gasteiger partial charge in [-0.05, 0) is 39.2 Å². The molecule has 2 N–H and O–H groups in total. The summed E-state index contributed by atoms with van der Waals surface area (Å²) in [7, 11) is 0. The molecular formula is C11H23N3O. The molecular weight excluding hydrogens is 190 g/mol. The summed E-state index contributed by atoms with van der Waals surface area (Å²) < 4.78 is 0. The molecule has 0 aromatic rings. The van der Waals surface area contributed by atoms with Crippen LogP contribution in [-0.4, -0.2) is 48.6 Å². The zero-order valence-corrected chi connectivity index (χ0v) is 9.91. The van der Waals surface area contributed by atoms with Crippen molar-refractivity contribution < 1.29 is 4.79 Å². The van der Waals surface area contributed by atoms with Gasteiger partial charge in [0.25, 0.3) is 0 Å². The summed E-state index contributed by atoms with van der Waals surface area (Å²) >= 11 is 0. The van der Waals surface area contributed by atoms with E-state index in [1.54, 1.807) is 0 Å². The molecule has 1 unspecified atom stereocenters. The van der Waals surface area contributed by atoms with Crippen molar-refractivity contribution in [3.63, 3.8) is 0 Å². The van der Waals surface area contributed by atoms with Crippen LogP contribution in [0.5, 0.6) is 0 Å². The van der Waals surface area contributed by atoms with Crippen molar-refractivity contribution >= 4 is 6.03 Å². The highest BCUT2D eigenvalue weighted by Gasteiger charge is 2.24. The Morgan fingerprint density at radius 3 is 2.67 bits per heavy atom. The maximum Gasteiger partial charge on any atom is 0.319 e. The van der Waals surface area contributed by atoms with Crippen LogP contribution in [0.15, 0.2) is 0 Å². The molecule has 1 aliphatic heterocycles. The zero-order chi connectivity index (χ0) is 11.3. The Kier molecular flexibility index (Phi) is 4.88. The van der Waals surface area contributed by atoms with E-state index >= 15 is 0 Å². The number of nitrogens with zero attached hydrogens (tertiary/aromatic N) is 2. The lowest BCUT2D eigenvalue weighted by Crippen LogP contribution is -2.48. The van der Waals surface area contributed by atoms with Gasteiger partial charge in [-0.2, -0.15) is 0 Å². The number of hydrogen-bond acceptors (Lipinski definition) is 2. The lowest BCUT2D eigenvalue weighted by atomic mass is 9.99. The van der Waals surface area contributed by atoms with Gasteiger partial charge in [0.05, 0.1) is 0 Å². The van der Waals surface area contributed by atoms with Gasteiger partial charge in [-0.15, -0.1) is 0 Å². The van der Waals surface area contributed by atoms with Crippen LogP contribution >= 0.6 is 0 Å². The average molecular weight is 213 g/mol. The second-order valence-electron chi connectivity index (χ2n) is 4.14. The molecule has 0 radical (unpaired) electrons. The Morgan fingerprint density at radius 1 is 1.47 bits per heavy atom. The van der Waals surface area contributed by atoms with Gasteiger partial charge in [0.2, 0.25) is 0 Å². The minimum Gasteiger partial charge on any atom is -0.330 e. The maximum atomic E-state index is 12.0. The van der Waals surface area contributed by atoms with Crippen LogP contribution in [0.25, 0.3) is 0 Å². The summed E-state index contributed by atoms with van der Waals surface area (Å²) in [5.74, 6) is 0.498. The predicted octanol–water partition coefficient (Wildman–Crippen LogP) is 1.12. The fourth-order valence-electron chi connectivity index (χ4n) is 2.13. The quantitative estimate of drug-likeness (QED) is 0.763. The topological polar surface area (TPSA) is 49.6 Å². The summed E-state index contributed by atoms with van der Waals surface area (Å²) in [6, 6.07) is 0.179. The molecule has 0 bridgehead atoms. The van der Waals surface area contributed by atoms with Crippen LogP contribution < -0.4 is 5.73 Å². The molecule has 0 aromatic heterocycles. The van der Waals surface area contributed by atoms with Crippen molar-refractivity contribution in [2.45, 2.75) is 26.7 Å². The number of carbonyl (C=O) groups excluding carboxylic acids is 1. The number of carbonyl (C=O) groups is 1. The Bertz CT molecular complexity index is 204. The standard InChI is InChI=1S/C11H23N3O/c1-3-13(4-2)11(15)14-7-5-6-10(8-12)9-14/h10H,3-9,12H2,1-2H3. The fraction of sp³-hybridized carbons (Fsp3) is 0.909. The molecule has 1 rings (SSSR count). The minimum absolute atomic E-state index is 0.179. The van der Waals surface area contributed by atoms with Crippen LogP contribution in [0.3, 0.4) is 0 Å². The highest BCUT2D eigenvalue weighted by molar-refractivity contribution is 5.74. The fourth-order valence-corrected chi connectivity index (χ4v) is 2.13. The van der Waals surface area contributed by atoms with E-state index in [9.17, 15) is 4.79 Å². The van der Waals surface area contributed by atoms with Gasteiger partial charge in [0.15, 0.2) is 0 Å². The number of hydrogen-bond donors (Lipinski definition) is 1. The van der Waals surface area contributed by atoms with Gasteiger partial charge in [-0.1, -0.05) is 0 Å². The molecule has 1 fully saturated rings. The molecule has 0 aliphatic carbocycles. The van der Waals surface area contributed by atoms with E-state index < -0.39 is 0 Å². The van der Waals surface area contributed by atoms with E-state index in [4.69, 9.17) is 5.73 Å². The van der Waals surface area contributed by atoms with E-state index in [1.165, 1.54) is 6.42 Å². The molecule has 2 amide bonds. The first kappa shape index (κ1) is 12.3. The highest BCUT2D eigenvalue weighted by atomic mass is 16.2. The molecule has 1 heterocycles. The van der Waals surface area contributed by atoms with Crippen molar-refractivity contribution in [1.82, 2.24) is 9.80 Å². The molecule has 0 saturated carbocycles. The first-order chi connectivity index (χ1) is 7.22. The molecule has 15 heavy (non-hydrogen) atoms. The molecule has 1 atom stereocenters. The maximum absolute atomic E-state index is 12.0. The highest BCUT2D eigenvalue weighted by Crippen LogP contribution is 2.16. The number of nitrogens with two attached hydrogens (primary N) is 1. The monoisotopic (exact) mass is 213 g/mol. The lowest BCUT2D eigenvalue weighted by Gasteiger charge is -2.35. The predicted molar refractivity (Wildman–Crippen MR) is 61.7 cm³/mol. The number of amides is 2. The Hall–Kier alpha value is -0.770. The zero-order valence-electron chi connectivity index (χ0n) is 9.91. The number of piperidine rings is 1. The molecule has 4 heteroatoms. The van der Waals surface area contributed by atoms with Gasteiger partial charge >= 0.3 is 6.03 Å². The van der Waals surface area contributed by atoms with Crippen molar-refractivity contribution in [3.8, 4) is 0 Å². The van der Waals surface area contributed by atoms with Crippen LogP contribution in [0.1, 0.15) is 26.7 Å². The summed E-state index contributed by atoms with van der Waals surface area (Å²) in [6.45, 7) is 8.05. The molecule has 0 aromatic carbocycles. The second kappa shape index (κ2) is 5.95. The summed E-state index contributed by atoms with van der Waals surface area (Å²) in [5, 5.41) is 0.